The number of nitrogens with zero attached hydrogens (tertiary/aromatic N) is 1. The highest BCUT2D eigenvalue weighted by molar-refractivity contribution is 5.63. The van der Waals surface area contributed by atoms with Crippen LogP contribution in [-0.4, -0.2) is 15.1 Å². The van der Waals surface area contributed by atoms with Crippen molar-refractivity contribution in [1.82, 2.24) is 0 Å². The van der Waals surface area contributed by atoms with Crippen molar-refractivity contribution in [2.75, 3.05) is 5.32 Å². The van der Waals surface area contributed by atoms with Crippen LogP contribution in [0, 0.1) is 17.0 Å². The molecule has 1 unspecified atom stereocenters. The molecule has 0 bridgehead atoms. The molecule has 0 heterocycles. The smallest absolute Gasteiger partial charge is 0.292 e. The molecule has 0 saturated carbocycles. The molecule has 0 saturated heterocycles. The van der Waals surface area contributed by atoms with E-state index in [9.17, 15) is 20.3 Å². The first-order chi connectivity index (χ1) is 9.88. The van der Waals surface area contributed by atoms with Crippen LogP contribution in [0.4, 0.5) is 11.4 Å². The van der Waals surface area contributed by atoms with Crippen LogP contribution in [0.1, 0.15) is 24.1 Å². The van der Waals surface area contributed by atoms with Crippen LogP contribution in [-0.2, 0) is 0 Å². The second kappa shape index (κ2) is 5.70. The maximum Gasteiger partial charge on any atom is 0.292 e. The summed E-state index contributed by atoms with van der Waals surface area (Å²) in [4.78, 5) is 10.6. The minimum atomic E-state index is -0.446. The molecule has 0 fully saturated rings. The molecule has 2 aromatic rings. The second-order valence-electron chi connectivity index (χ2n) is 4.89. The lowest BCUT2D eigenvalue weighted by molar-refractivity contribution is -0.384. The Morgan fingerprint density at radius 3 is 2.52 bits per heavy atom. The van der Waals surface area contributed by atoms with Crippen LogP contribution in [0.5, 0.6) is 11.5 Å². The predicted molar refractivity (Wildman–Crippen MR) is 79.6 cm³/mol. The van der Waals surface area contributed by atoms with Crippen molar-refractivity contribution in [3.63, 3.8) is 0 Å². The summed E-state index contributed by atoms with van der Waals surface area (Å²) in [5.41, 5.74) is 1.71. The van der Waals surface area contributed by atoms with E-state index < -0.39 is 4.92 Å². The number of hydrogen-bond acceptors (Lipinski definition) is 5. The van der Waals surface area contributed by atoms with Crippen LogP contribution < -0.4 is 5.32 Å². The van der Waals surface area contributed by atoms with Crippen LogP contribution in [0.15, 0.2) is 36.4 Å². The van der Waals surface area contributed by atoms with Crippen molar-refractivity contribution in [3.8, 4) is 11.5 Å². The van der Waals surface area contributed by atoms with E-state index >= 15 is 0 Å². The molecule has 6 heteroatoms. The van der Waals surface area contributed by atoms with E-state index in [-0.39, 0.29) is 23.2 Å². The Kier molecular flexibility index (Phi) is 3.98. The van der Waals surface area contributed by atoms with E-state index in [1.165, 1.54) is 18.2 Å². The fourth-order valence-electron chi connectivity index (χ4n) is 2.12. The summed E-state index contributed by atoms with van der Waals surface area (Å²) in [5.74, 6) is -0.102. The van der Waals surface area contributed by atoms with Gasteiger partial charge in [0.25, 0.3) is 5.69 Å². The molecule has 2 aromatic carbocycles. The molecular weight excluding hydrogens is 272 g/mol. The predicted octanol–water partition coefficient (Wildman–Crippen LogP) is 3.49. The number of phenols is 2. The zero-order valence-corrected chi connectivity index (χ0v) is 11.7. The van der Waals surface area contributed by atoms with E-state index in [1.807, 2.05) is 0 Å². The topological polar surface area (TPSA) is 95.6 Å². The number of aromatic hydroxyl groups is 2. The summed E-state index contributed by atoms with van der Waals surface area (Å²) in [6.45, 7) is 3.56. The summed E-state index contributed by atoms with van der Waals surface area (Å²) < 4.78 is 0. The minimum Gasteiger partial charge on any atom is -0.508 e. The van der Waals surface area contributed by atoms with Crippen molar-refractivity contribution in [2.45, 2.75) is 19.9 Å². The number of anilines is 1. The normalized spacial score (nSPS) is 11.9. The van der Waals surface area contributed by atoms with Gasteiger partial charge in [0, 0.05) is 17.7 Å². The van der Waals surface area contributed by atoms with Crippen LogP contribution in [0.25, 0.3) is 0 Å². The van der Waals surface area contributed by atoms with Crippen molar-refractivity contribution in [2.24, 2.45) is 0 Å². The highest BCUT2D eigenvalue weighted by Crippen LogP contribution is 2.33. The van der Waals surface area contributed by atoms with E-state index in [4.69, 9.17) is 0 Å². The monoisotopic (exact) mass is 288 g/mol. The molecule has 0 amide bonds. The van der Waals surface area contributed by atoms with Gasteiger partial charge in [-0.05, 0) is 37.6 Å². The first-order valence-corrected chi connectivity index (χ1v) is 6.42. The first-order valence-electron chi connectivity index (χ1n) is 6.42. The van der Waals surface area contributed by atoms with Crippen molar-refractivity contribution >= 4 is 11.4 Å². The van der Waals surface area contributed by atoms with Gasteiger partial charge in [-0.15, -0.1) is 0 Å². The molecule has 0 spiro atoms. The van der Waals surface area contributed by atoms with Gasteiger partial charge in [-0.1, -0.05) is 6.07 Å². The van der Waals surface area contributed by atoms with Crippen molar-refractivity contribution < 1.29 is 15.1 Å². The average Bonchev–Trinajstić information content (AvgIpc) is 2.40. The second-order valence-corrected chi connectivity index (χ2v) is 4.89. The molecule has 1 atom stereocenters. The SMILES string of the molecule is Cc1ccc(NC(C)c2ccc(O)cc2O)c([N+](=O)[O-])c1. The number of nitro groups is 1. The number of hydrogen-bond donors (Lipinski definition) is 3. The fraction of sp³-hybridized carbons (Fsp3) is 0.200. The third-order valence-electron chi connectivity index (χ3n) is 3.20. The Morgan fingerprint density at radius 1 is 1.19 bits per heavy atom. The fourth-order valence-corrected chi connectivity index (χ4v) is 2.12. The van der Waals surface area contributed by atoms with Crippen LogP contribution in [0.3, 0.4) is 0 Å². The standard InChI is InChI=1S/C15H16N2O4/c1-9-3-6-13(14(7-9)17(20)21)16-10(2)12-5-4-11(18)8-15(12)19/h3-8,10,16,18-19H,1-2H3. The average molecular weight is 288 g/mol. The lowest BCUT2D eigenvalue weighted by atomic mass is 10.1. The third-order valence-corrected chi connectivity index (χ3v) is 3.20. The molecular formula is C15H16N2O4. The van der Waals surface area contributed by atoms with Gasteiger partial charge >= 0.3 is 0 Å². The Bertz CT molecular complexity index is 685. The van der Waals surface area contributed by atoms with Crippen molar-refractivity contribution in [1.29, 1.82) is 0 Å². The van der Waals surface area contributed by atoms with Gasteiger partial charge in [-0.2, -0.15) is 0 Å². The lowest BCUT2D eigenvalue weighted by Crippen LogP contribution is -2.08. The molecule has 21 heavy (non-hydrogen) atoms. The van der Waals surface area contributed by atoms with Crippen molar-refractivity contribution in [3.05, 3.63) is 57.6 Å². The zero-order chi connectivity index (χ0) is 15.6. The molecule has 6 nitrogen and oxygen atoms in total. The lowest BCUT2D eigenvalue weighted by Gasteiger charge is -2.17. The number of aryl methyl sites for hydroxylation is 1. The Labute approximate surface area is 121 Å². The molecule has 3 N–H and O–H groups in total. The number of rotatable bonds is 4. The highest BCUT2D eigenvalue weighted by Gasteiger charge is 2.17. The van der Waals surface area contributed by atoms with Gasteiger partial charge < -0.3 is 15.5 Å². The van der Waals surface area contributed by atoms with E-state index in [0.717, 1.165) is 5.56 Å². The van der Waals surface area contributed by atoms with Gasteiger partial charge in [0.05, 0.1) is 11.0 Å². The Hall–Kier alpha value is -2.76. The summed E-state index contributed by atoms with van der Waals surface area (Å²) in [6.07, 6.45) is 0. The maximum absolute atomic E-state index is 11.1. The van der Waals surface area contributed by atoms with Crippen LogP contribution in [0.2, 0.25) is 0 Å². The van der Waals surface area contributed by atoms with E-state index in [1.54, 1.807) is 32.0 Å². The maximum atomic E-state index is 11.1. The van der Waals surface area contributed by atoms with E-state index in [0.29, 0.717) is 11.3 Å². The zero-order valence-electron chi connectivity index (χ0n) is 11.7. The molecule has 110 valence electrons. The number of nitrogens with one attached hydrogen (secondary N) is 1. The number of phenolic OH excluding ortho intramolecular Hbond substituents is 2. The summed E-state index contributed by atoms with van der Waals surface area (Å²) >= 11 is 0. The molecule has 0 aliphatic rings. The highest BCUT2D eigenvalue weighted by atomic mass is 16.6. The molecule has 0 radical (unpaired) electrons. The quantitative estimate of drug-likeness (QED) is 0.591. The molecule has 0 aromatic heterocycles. The summed E-state index contributed by atoms with van der Waals surface area (Å²) in [5, 5.41) is 33.2. The van der Waals surface area contributed by atoms with Gasteiger partial charge in [0.1, 0.15) is 17.2 Å². The number of benzene rings is 2. The van der Waals surface area contributed by atoms with Gasteiger partial charge in [-0.3, -0.25) is 10.1 Å². The van der Waals surface area contributed by atoms with Gasteiger partial charge in [0.15, 0.2) is 0 Å². The molecule has 0 aliphatic carbocycles. The Balaban J connectivity index is 2.31. The third kappa shape index (κ3) is 3.22. The Morgan fingerprint density at radius 2 is 1.90 bits per heavy atom. The first kappa shape index (κ1) is 14.6. The van der Waals surface area contributed by atoms with Crippen LogP contribution >= 0.6 is 0 Å². The largest absolute Gasteiger partial charge is 0.508 e. The van der Waals surface area contributed by atoms with E-state index in [2.05, 4.69) is 5.32 Å². The molecule has 2 rings (SSSR count). The number of nitro benzene ring substituents is 1. The van der Waals surface area contributed by atoms with Gasteiger partial charge in [0.2, 0.25) is 0 Å². The van der Waals surface area contributed by atoms with Gasteiger partial charge in [-0.25, -0.2) is 0 Å². The molecule has 0 aliphatic heterocycles. The summed E-state index contributed by atoms with van der Waals surface area (Å²) in [7, 11) is 0. The minimum absolute atomic E-state index is 0.0138. The summed E-state index contributed by atoms with van der Waals surface area (Å²) in [6, 6.07) is 8.81.